The van der Waals surface area contributed by atoms with Crippen LogP contribution in [0, 0.1) is 6.92 Å². The topological polar surface area (TPSA) is 78.1 Å². The second-order valence-corrected chi connectivity index (χ2v) is 10.5. The van der Waals surface area contributed by atoms with Crippen LogP contribution >= 0.6 is 0 Å². The lowest BCUT2D eigenvalue weighted by molar-refractivity contribution is -0.139. The number of aliphatic hydroxyl groups excluding tert-OH is 1. The van der Waals surface area contributed by atoms with Gasteiger partial charge in [-0.15, -0.1) is 0 Å². The third-order valence-electron chi connectivity index (χ3n) is 6.57. The molecule has 4 rings (SSSR count). The molecule has 0 unspecified atom stereocenters. The van der Waals surface area contributed by atoms with Gasteiger partial charge in [-0.25, -0.2) is 4.98 Å². The zero-order valence-electron chi connectivity index (χ0n) is 21.4. The second kappa shape index (κ2) is 9.30. The largest absolute Gasteiger partial charge is 0.505 e. The minimum Gasteiger partial charge on any atom is -0.505 e. The minimum atomic E-state index is -0.667. The number of carbonyl (C=O) groups excluding carboxylic acids is 2. The number of aryl methyl sites for hydroxylation is 1. The van der Waals surface area contributed by atoms with Gasteiger partial charge >= 0.3 is 0 Å². The summed E-state index contributed by atoms with van der Waals surface area (Å²) in [5.74, 6) is -1.44. The lowest BCUT2D eigenvalue weighted by Crippen LogP contribution is -2.32. The number of aromatic nitrogens is 2. The summed E-state index contributed by atoms with van der Waals surface area (Å²) in [7, 11) is 3.95. The predicted molar refractivity (Wildman–Crippen MR) is 137 cm³/mol. The van der Waals surface area contributed by atoms with Crippen molar-refractivity contribution in [3.63, 3.8) is 0 Å². The van der Waals surface area contributed by atoms with Gasteiger partial charge in [-0.3, -0.25) is 14.0 Å². The lowest BCUT2D eigenvalue weighted by Gasteiger charge is -2.27. The number of fused-ring (bicyclic) bond motifs is 1. The van der Waals surface area contributed by atoms with Crippen LogP contribution in [-0.2, 0) is 15.0 Å². The summed E-state index contributed by atoms with van der Waals surface area (Å²) in [4.78, 5) is 34.8. The zero-order valence-corrected chi connectivity index (χ0v) is 21.4. The molecule has 0 bridgehead atoms. The maximum absolute atomic E-state index is 13.4. The number of imidazole rings is 1. The quantitative estimate of drug-likeness (QED) is 0.327. The van der Waals surface area contributed by atoms with E-state index in [-0.39, 0.29) is 16.7 Å². The molecule has 0 spiro atoms. The summed E-state index contributed by atoms with van der Waals surface area (Å²) in [6.07, 6.45) is 2.51. The number of nitrogens with zero attached hydrogens (tertiary/aromatic N) is 4. The first-order valence-corrected chi connectivity index (χ1v) is 12.0. The van der Waals surface area contributed by atoms with Crippen molar-refractivity contribution < 1.29 is 14.7 Å². The first kappa shape index (κ1) is 24.7. The van der Waals surface area contributed by atoms with E-state index in [0.717, 1.165) is 17.7 Å². The Morgan fingerprint density at radius 3 is 2.40 bits per heavy atom. The van der Waals surface area contributed by atoms with Gasteiger partial charge in [-0.2, -0.15) is 0 Å². The molecule has 7 nitrogen and oxygen atoms in total. The Kier molecular flexibility index (Phi) is 6.56. The van der Waals surface area contributed by atoms with Crippen molar-refractivity contribution in [3.05, 3.63) is 76.7 Å². The fourth-order valence-corrected chi connectivity index (χ4v) is 4.71. The third kappa shape index (κ3) is 4.60. The number of carbonyl (C=O) groups is 2. The van der Waals surface area contributed by atoms with Crippen LogP contribution in [-0.4, -0.2) is 63.2 Å². The molecular formula is C28H34N4O3. The number of amides is 1. The number of benzene rings is 1. The second-order valence-electron chi connectivity index (χ2n) is 10.5. The molecule has 3 heterocycles. The Balaban J connectivity index is 1.87. The Bertz CT molecular complexity index is 1300. The Labute approximate surface area is 206 Å². The number of hydrogen-bond acceptors (Lipinski definition) is 5. The van der Waals surface area contributed by atoms with Crippen molar-refractivity contribution in [1.29, 1.82) is 0 Å². The van der Waals surface area contributed by atoms with E-state index in [4.69, 9.17) is 0 Å². The third-order valence-corrected chi connectivity index (χ3v) is 6.57. The number of hydrogen-bond donors (Lipinski definition) is 1. The highest BCUT2D eigenvalue weighted by molar-refractivity contribution is 6.46. The van der Waals surface area contributed by atoms with Gasteiger partial charge in [0.25, 0.3) is 11.7 Å². The maximum Gasteiger partial charge on any atom is 0.295 e. The van der Waals surface area contributed by atoms with Crippen LogP contribution in [0.25, 0.3) is 11.4 Å². The van der Waals surface area contributed by atoms with E-state index in [1.165, 1.54) is 0 Å². The summed E-state index contributed by atoms with van der Waals surface area (Å²) in [6, 6.07) is 12.9. The molecule has 1 atom stereocenters. The standard InChI is InChI=1S/C28H34N4O3/c1-18-23(31-16-8-7-10-21(31)29-18)25(33)22-24(19-11-13-20(14-12-19)28(2,3)4)32(27(35)26(22)34)17-9-15-30(5)6/h7-8,10-14,16,24,33H,9,15,17H2,1-6H3/t24-/m0/s1. The summed E-state index contributed by atoms with van der Waals surface area (Å²) in [5.41, 5.74) is 3.73. The van der Waals surface area contributed by atoms with E-state index in [1.54, 1.807) is 22.4 Å². The van der Waals surface area contributed by atoms with Gasteiger partial charge in [0.1, 0.15) is 11.3 Å². The molecule has 2 aromatic heterocycles. The number of aliphatic hydroxyl groups is 1. The molecule has 184 valence electrons. The summed E-state index contributed by atoms with van der Waals surface area (Å²) in [5, 5.41) is 11.5. The molecule has 0 radical (unpaired) electrons. The van der Waals surface area contributed by atoms with Crippen molar-refractivity contribution in [2.24, 2.45) is 0 Å². The average molecular weight is 475 g/mol. The molecule has 1 aliphatic heterocycles. The highest BCUT2D eigenvalue weighted by atomic mass is 16.3. The van der Waals surface area contributed by atoms with Crippen LogP contribution in [0.1, 0.15) is 55.7 Å². The van der Waals surface area contributed by atoms with E-state index in [9.17, 15) is 14.7 Å². The molecule has 1 aromatic carbocycles. The van der Waals surface area contributed by atoms with Gasteiger partial charge in [0.2, 0.25) is 0 Å². The number of pyridine rings is 1. The maximum atomic E-state index is 13.4. The van der Waals surface area contributed by atoms with Crippen LogP contribution in [0.3, 0.4) is 0 Å². The Morgan fingerprint density at radius 1 is 1.09 bits per heavy atom. The van der Waals surface area contributed by atoms with Crippen molar-refractivity contribution in [1.82, 2.24) is 19.2 Å². The highest BCUT2D eigenvalue weighted by Crippen LogP contribution is 2.40. The molecule has 1 fully saturated rings. The van der Waals surface area contributed by atoms with Gasteiger partial charge in [0.05, 0.1) is 17.3 Å². The van der Waals surface area contributed by atoms with Crippen molar-refractivity contribution in [2.45, 2.75) is 45.6 Å². The average Bonchev–Trinajstić information content (AvgIpc) is 3.26. The highest BCUT2D eigenvalue weighted by Gasteiger charge is 2.46. The normalized spacial score (nSPS) is 18.3. The number of likely N-dealkylation sites (tertiary alicyclic amines) is 1. The molecular weight excluding hydrogens is 440 g/mol. The van der Waals surface area contributed by atoms with Crippen LogP contribution in [0.4, 0.5) is 0 Å². The number of Topliss-reactive ketones (excluding diaryl/α,β-unsaturated/α-hetero) is 1. The van der Waals surface area contributed by atoms with Crippen LogP contribution in [0.5, 0.6) is 0 Å². The number of ketones is 1. The van der Waals surface area contributed by atoms with E-state index < -0.39 is 17.7 Å². The Morgan fingerprint density at radius 2 is 1.77 bits per heavy atom. The van der Waals surface area contributed by atoms with E-state index in [2.05, 4.69) is 25.8 Å². The Hall–Kier alpha value is -3.45. The smallest absolute Gasteiger partial charge is 0.295 e. The fourth-order valence-electron chi connectivity index (χ4n) is 4.71. The monoisotopic (exact) mass is 474 g/mol. The first-order valence-electron chi connectivity index (χ1n) is 12.0. The molecule has 7 heteroatoms. The summed E-state index contributed by atoms with van der Waals surface area (Å²) in [6.45, 7) is 9.42. The molecule has 0 saturated carbocycles. The van der Waals surface area contributed by atoms with Crippen LogP contribution < -0.4 is 0 Å². The molecule has 1 saturated heterocycles. The fraction of sp³-hybridized carbons (Fsp3) is 0.393. The lowest BCUT2D eigenvalue weighted by atomic mass is 9.85. The van der Waals surface area contributed by atoms with Crippen LogP contribution in [0.2, 0.25) is 0 Å². The van der Waals surface area contributed by atoms with Gasteiger partial charge in [0, 0.05) is 12.7 Å². The predicted octanol–water partition coefficient (Wildman–Crippen LogP) is 4.31. The summed E-state index contributed by atoms with van der Waals surface area (Å²) >= 11 is 0. The van der Waals surface area contributed by atoms with Crippen molar-refractivity contribution in [2.75, 3.05) is 27.2 Å². The van der Waals surface area contributed by atoms with Gasteiger partial charge in [-0.05, 0) is 62.7 Å². The SMILES string of the molecule is Cc1nc2ccccn2c1C(O)=C1C(=O)C(=O)N(CCCN(C)C)[C@H]1c1ccc(C(C)(C)C)cc1. The molecule has 1 N–H and O–H groups in total. The van der Waals surface area contributed by atoms with E-state index in [1.807, 2.05) is 61.5 Å². The number of rotatable bonds is 6. The molecule has 1 amide bonds. The molecule has 0 aliphatic carbocycles. The van der Waals surface area contributed by atoms with Gasteiger partial charge in [-0.1, -0.05) is 51.1 Å². The van der Waals surface area contributed by atoms with Gasteiger partial charge < -0.3 is 14.9 Å². The van der Waals surface area contributed by atoms with E-state index in [0.29, 0.717) is 30.0 Å². The molecule has 1 aliphatic rings. The summed E-state index contributed by atoms with van der Waals surface area (Å²) < 4.78 is 1.75. The molecule has 3 aromatic rings. The first-order chi connectivity index (χ1) is 16.5. The van der Waals surface area contributed by atoms with Crippen molar-refractivity contribution in [3.8, 4) is 0 Å². The minimum absolute atomic E-state index is 0.0281. The van der Waals surface area contributed by atoms with Crippen LogP contribution in [0.15, 0.2) is 54.2 Å². The molecule has 35 heavy (non-hydrogen) atoms. The van der Waals surface area contributed by atoms with E-state index >= 15 is 0 Å². The van der Waals surface area contributed by atoms with Gasteiger partial charge in [0.15, 0.2) is 5.76 Å². The zero-order chi connectivity index (χ0) is 25.5. The van der Waals surface area contributed by atoms with Crippen molar-refractivity contribution >= 4 is 23.1 Å².